The van der Waals surface area contributed by atoms with Crippen molar-refractivity contribution >= 4 is 16.7 Å². The molecular formula is C32H31N5O3. The Morgan fingerprint density at radius 1 is 1.00 bits per heavy atom. The molecule has 2 aromatic heterocycles. The molecule has 1 amide bonds. The molecule has 202 valence electrons. The number of aromatic nitrogens is 4. The SMILES string of the molecule is CC(C)(C)c1cc(C(=O)N2C[C@@H]3C[C@H]2c2c(O)n(-c4cccc5ccccc45)c(=O)n23)n(Cc2ccccc2)n1. The molecule has 1 saturated heterocycles. The summed E-state index contributed by atoms with van der Waals surface area (Å²) in [6, 6.07) is 24.8. The quantitative estimate of drug-likeness (QED) is 0.345. The van der Waals surface area contributed by atoms with Crippen LogP contribution < -0.4 is 5.69 Å². The number of rotatable bonds is 4. The Kier molecular flexibility index (Phi) is 5.32. The minimum absolute atomic E-state index is 0.0977. The molecule has 0 aliphatic carbocycles. The van der Waals surface area contributed by atoms with E-state index in [-0.39, 0.29) is 35.0 Å². The predicted molar refractivity (Wildman–Crippen MR) is 153 cm³/mol. The average molecular weight is 534 g/mol. The Bertz CT molecular complexity index is 1830. The number of likely N-dealkylation sites (tertiary alicyclic amines) is 1. The van der Waals surface area contributed by atoms with E-state index in [9.17, 15) is 14.7 Å². The summed E-state index contributed by atoms with van der Waals surface area (Å²) >= 11 is 0. The first-order valence-corrected chi connectivity index (χ1v) is 13.7. The Morgan fingerprint density at radius 3 is 2.50 bits per heavy atom. The second kappa shape index (κ2) is 8.71. The number of benzene rings is 3. The van der Waals surface area contributed by atoms with Gasteiger partial charge in [0.15, 0.2) is 0 Å². The molecule has 2 aliphatic heterocycles. The van der Waals surface area contributed by atoms with Gasteiger partial charge in [-0.2, -0.15) is 5.10 Å². The van der Waals surface area contributed by atoms with Gasteiger partial charge in [-0.05, 0) is 29.5 Å². The lowest BCUT2D eigenvalue weighted by molar-refractivity contribution is 0.0699. The number of imidazole rings is 1. The van der Waals surface area contributed by atoms with Crippen LogP contribution >= 0.6 is 0 Å². The van der Waals surface area contributed by atoms with Gasteiger partial charge in [0.2, 0.25) is 5.88 Å². The van der Waals surface area contributed by atoms with Gasteiger partial charge in [0, 0.05) is 17.3 Å². The third-order valence-corrected chi connectivity index (χ3v) is 8.27. The Morgan fingerprint density at radius 2 is 1.73 bits per heavy atom. The highest BCUT2D eigenvalue weighted by atomic mass is 16.3. The highest BCUT2D eigenvalue weighted by Crippen LogP contribution is 2.49. The fraction of sp³-hybridized carbons (Fsp3) is 0.281. The second-order valence-corrected chi connectivity index (χ2v) is 11.9. The molecular weight excluding hydrogens is 502 g/mol. The summed E-state index contributed by atoms with van der Waals surface area (Å²) in [6.07, 6.45) is 0.610. The van der Waals surface area contributed by atoms with Crippen LogP contribution in [0.4, 0.5) is 0 Å². The van der Waals surface area contributed by atoms with Gasteiger partial charge in [0.05, 0.1) is 30.0 Å². The van der Waals surface area contributed by atoms with Crippen LogP contribution in [-0.4, -0.2) is 41.4 Å². The third kappa shape index (κ3) is 3.62. The van der Waals surface area contributed by atoms with Crippen LogP contribution in [0.2, 0.25) is 0 Å². The molecule has 0 radical (unpaired) electrons. The Hall–Kier alpha value is -4.59. The van der Waals surface area contributed by atoms with Crippen molar-refractivity contribution < 1.29 is 9.90 Å². The monoisotopic (exact) mass is 533 g/mol. The molecule has 2 aliphatic rings. The van der Waals surface area contributed by atoms with Crippen molar-refractivity contribution in [2.75, 3.05) is 6.54 Å². The fourth-order valence-corrected chi connectivity index (χ4v) is 6.27. The number of hydrogen-bond donors (Lipinski definition) is 1. The molecule has 8 heteroatoms. The predicted octanol–water partition coefficient (Wildman–Crippen LogP) is 5.18. The minimum Gasteiger partial charge on any atom is -0.493 e. The molecule has 5 aromatic rings. The molecule has 0 unspecified atom stereocenters. The van der Waals surface area contributed by atoms with Crippen LogP contribution in [0.3, 0.4) is 0 Å². The summed E-state index contributed by atoms with van der Waals surface area (Å²) in [7, 11) is 0. The van der Waals surface area contributed by atoms with Crippen molar-refractivity contribution in [2.45, 2.75) is 51.2 Å². The van der Waals surface area contributed by atoms with Crippen molar-refractivity contribution in [1.29, 1.82) is 0 Å². The largest absolute Gasteiger partial charge is 0.493 e. The lowest BCUT2D eigenvalue weighted by atomic mass is 9.92. The lowest BCUT2D eigenvalue weighted by Crippen LogP contribution is -2.38. The van der Waals surface area contributed by atoms with Crippen molar-refractivity contribution in [3.05, 3.63) is 112 Å². The van der Waals surface area contributed by atoms with Crippen molar-refractivity contribution in [3.8, 4) is 11.6 Å². The number of fused-ring (bicyclic) bond motifs is 6. The first kappa shape index (κ1) is 24.5. The summed E-state index contributed by atoms with van der Waals surface area (Å²) < 4.78 is 4.87. The molecule has 40 heavy (non-hydrogen) atoms. The van der Waals surface area contributed by atoms with Gasteiger partial charge in [-0.1, -0.05) is 87.5 Å². The molecule has 7 rings (SSSR count). The minimum atomic E-state index is -0.389. The summed E-state index contributed by atoms with van der Waals surface area (Å²) in [4.78, 5) is 29.6. The van der Waals surface area contributed by atoms with Crippen LogP contribution in [0.1, 0.15) is 66.7 Å². The van der Waals surface area contributed by atoms with E-state index in [1.54, 1.807) is 14.1 Å². The zero-order valence-corrected chi connectivity index (χ0v) is 22.8. The van der Waals surface area contributed by atoms with E-state index in [0.717, 1.165) is 22.0 Å². The normalized spacial score (nSPS) is 18.0. The first-order valence-electron chi connectivity index (χ1n) is 13.7. The summed E-state index contributed by atoms with van der Waals surface area (Å²) in [6.45, 7) is 7.15. The van der Waals surface area contributed by atoms with Gasteiger partial charge in [0.25, 0.3) is 5.91 Å². The number of nitrogens with zero attached hydrogens (tertiary/aromatic N) is 5. The summed E-state index contributed by atoms with van der Waals surface area (Å²) in [5.74, 6) is -0.234. The van der Waals surface area contributed by atoms with E-state index >= 15 is 0 Å². The van der Waals surface area contributed by atoms with Gasteiger partial charge in [-0.25, -0.2) is 9.36 Å². The highest BCUT2D eigenvalue weighted by molar-refractivity contribution is 5.94. The van der Waals surface area contributed by atoms with Gasteiger partial charge in [-0.15, -0.1) is 0 Å². The maximum absolute atomic E-state index is 14.1. The number of carbonyl (C=O) groups is 1. The molecule has 0 saturated carbocycles. The van der Waals surface area contributed by atoms with Gasteiger partial charge in [-0.3, -0.25) is 14.0 Å². The van der Waals surface area contributed by atoms with Crippen molar-refractivity contribution in [1.82, 2.24) is 23.8 Å². The smallest absolute Gasteiger partial charge is 0.336 e. The third-order valence-electron chi connectivity index (χ3n) is 8.27. The second-order valence-electron chi connectivity index (χ2n) is 11.9. The van der Waals surface area contributed by atoms with E-state index in [1.807, 2.05) is 78.9 Å². The zero-order chi connectivity index (χ0) is 27.8. The van der Waals surface area contributed by atoms with Crippen LogP contribution in [0.5, 0.6) is 5.88 Å². The molecule has 2 bridgehead atoms. The van der Waals surface area contributed by atoms with E-state index in [2.05, 4.69) is 20.8 Å². The molecule has 1 fully saturated rings. The number of amides is 1. The molecule has 4 heterocycles. The van der Waals surface area contributed by atoms with Crippen molar-refractivity contribution in [2.24, 2.45) is 0 Å². The van der Waals surface area contributed by atoms with E-state index in [1.165, 1.54) is 4.57 Å². The van der Waals surface area contributed by atoms with Gasteiger partial charge in [0.1, 0.15) is 11.4 Å². The van der Waals surface area contributed by atoms with E-state index < -0.39 is 0 Å². The Balaban J connectivity index is 1.29. The maximum atomic E-state index is 14.1. The zero-order valence-electron chi connectivity index (χ0n) is 22.8. The first-order chi connectivity index (χ1) is 19.2. The standard InChI is InChI=1S/C32H31N5O3/c1-32(2,3)27-17-26(35(33-27)18-20-10-5-4-6-11-20)29(38)34-19-22-16-25(34)28-30(39)37(31(40)36(22)28)24-15-9-13-21-12-7-8-14-23(21)24/h4-15,17,22,25,39H,16,18-19H2,1-3H3/t22-,25-/m0/s1. The fourth-order valence-electron chi connectivity index (χ4n) is 6.27. The molecule has 1 N–H and O–H groups in total. The number of aromatic hydroxyl groups is 1. The molecule has 8 nitrogen and oxygen atoms in total. The lowest BCUT2D eigenvalue weighted by Gasteiger charge is -2.27. The molecule has 3 aromatic carbocycles. The van der Waals surface area contributed by atoms with Gasteiger partial charge < -0.3 is 10.0 Å². The van der Waals surface area contributed by atoms with Crippen LogP contribution in [0.15, 0.2) is 83.7 Å². The highest BCUT2D eigenvalue weighted by Gasteiger charge is 2.50. The van der Waals surface area contributed by atoms with Gasteiger partial charge >= 0.3 is 5.69 Å². The van der Waals surface area contributed by atoms with Crippen molar-refractivity contribution in [3.63, 3.8) is 0 Å². The van der Waals surface area contributed by atoms with Crippen LogP contribution in [0, 0.1) is 0 Å². The van der Waals surface area contributed by atoms with E-state index in [4.69, 9.17) is 5.10 Å². The van der Waals surface area contributed by atoms with E-state index in [0.29, 0.717) is 36.6 Å². The number of hydrogen-bond acceptors (Lipinski definition) is 4. The summed E-state index contributed by atoms with van der Waals surface area (Å²) in [5.41, 5.74) is 3.06. The Labute approximate surface area is 231 Å². The van der Waals surface area contributed by atoms with Crippen LogP contribution in [-0.2, 0) is 12.0 Å². The molecule has 2 atom stereocenters. The van der Waals surface area contributed by atoms with Crippen LogP contribution in [0.25, 0.3) is 16.5 Å². The maximum Gasteiger partial charge on any atom is 0.336 e. The average Bonchev–Trinajstić information content (AvgIpc) is 3.71. The number of carbonyl (C=O) groups excluding carboxylic acids is 1. The topological polar surface area (TPSA) is 85.3 Å². The summed E-state index contributed by atoms with van der Waals surface area (Å²) in [5, 5.41) is 18.2. The molecule has 0 spiro atoms.